The Morgan fingerprint density at radius 1 is 1.16 bits per heavy atom. The summed E-state index contributed by atoms with van der Waals surface area (Å²) in [7, 11) is 3.30. The Hall–Kier alpha value is -2.40. The second kappa shape index (κ2) is 12.6. The number of methoxy groups -OCH3 is 1. The summed E-state index contributed by atoms with van der Waals surface area (Å²) in [5.74, 6) is 0.997. The number of amides is 1. The SMILES string of the molecule is CN=C(NCC(=O)NCc1ccc(OC)cc1)N1CC(C)OC(c2ccc(F)cc2)C1.I. The van der Waals surface area contributed by atoms with Gasteiger partial charge in [0.2, 0.25) is 5.91 Å². The summed E-state index contributed by atoms with van der Waals surface area (Å²) in [4.78, 5) is 18.7. The van der Waals surface area contributed by atoms with E-state index in [4.69, 9.17) is 9.47 Å². The standard InChI is InChI=1S/C23H29FN4O3.HI/c1-16-14-28(15-21(31-16)18-6-8-19(24)9-7-18)23(25-2)27-13-22(29)26-12-17-4-10-20(30-3)11-5-17;/h4-11,16,21H,12-15H2,1-3H3,(H,25,27)(H,26,29);1H. The molecule has 1 aliphatic rings. The monoisotopic (exact) mass is 556 g/mol. The van der Waals surface area contributed by atoms with Crippen LogP contribution in [0.1, 0.15) is 24.2 Å². The Labute approximate surface area is 205 Å². The van der Waals surface area contributed by atoms with Crippen molar-refractivity contribution in [3.63, 3.8) is 0 Å². The molecule has 9 heteroatoms. The predicted molar refractivity (Wildman–Crippen MR) is 133 cm³/mol. The smallest absolute Gasteiger partial charge is 0.239 e. The van der Waals surface area contributed by atoms with Gasteiger partial charge in [-0.05, 0) is 42.3 Å². The van der Waals surface area contributed by atoms with Crippen molar-refractivity contribution in [2.24, 2.45) is 4.99 Å². The second-order valence-corrected chi connectivity index (χ2v) is 7.42. The lowest BCUT2D eigenvalue weighted by Crippen LogP contribution is -2.52. The lowest BCUT2D eigenvalue weighted by Gasteiger charge is -2.38. The Kier molecular flexibility index (Phi) is 10.2. The summed E-state index contributed by atoms with van der Waals surface area (Å²) in [6.45, 7) is 3.73. The summed E-state index contributed by atoms with van der Waals surface area (Å²) in [6.07, 6.45) is -0.238. The number of nitrogens with zero attached hydrogens (tertiary/aromatic N) is 2. The molecule has 0 aliphatic carbocycles. The average molecular weight is 556 g/mol. The van der Waals surface area contributed by atoms with Crippen LogP contribution in [0.15, 0.2) is 53.5 Å². The minimum atomic E-state index is -0.275. The number of ether oxygens (including phenoxy) is 2. The Morgan fingerprint density at radius 3 is 2.47 bits per heavy atom. The Bertz CT molecular complexity index is 893. The largest absolute Gasteiger partial charge is 0.497 e. The number of benzene rings is 2. The fraction of sp³-hybridized carbons (Fsp3) is 0.391. The van der Waals surface area contributed by atoms with Gasteiger partial charge in [0.15, 0.2) is 5.96 Å². The van der Waals surface area contributed by atoms with E-state index in [1.165, 1.54) is 12.1 Å². The van der Waals surface area contributed by atoms with Gasteiger partial charge in [-0.2, -0.15) is 0 Å². The molecule has 1 amide bonds. The number of aliphatic imine (C=N–C) groups is 1. The molecule has 1 fully saturated rings. The van der Waals surface area contributed by atoms with Crippen molar-refractivity contribution in [2.45, 2.75) is 25.7 Å². The van der Waals surface area contributed by atoms with Gasteiger partial charge in [-0.15, -0.1) is 24.0 Å². The van der Waals surface area contributed by atoms with Crippen molar-refractivity contribution in [3.05, 3.63) is 65.5 Å². The zero-order valence-electron chi connectivity index (χ0n) is 18.5. The van der Waals surface area contributed by atoms with Gasteiger partial charge in [-0.1, -0.05) is 24.3 Å². The van der Waals surface area contributed by atoms with Gasteiger partial charge in [-0.3, -0.25) is 9.79 Å². The van der Waals surface area contributed by atoms with Crippen LogP contribution in [0.3, 0.4) is 0 Å². The lowest BCUT2D eigenvalue weighted by molar-refractivity contribution is -0.120. The molecule has 7 nitrogen and oxygen atoms in total. The van der Waals surface area contributed by atoms with Crippen molar-refractivity contribution in [1.82, 2.24) is 15.5 Å². The number of hydrogen-bond acceptors (Lipinski definition) is 4. The molecule has 0 radical (unpaired) electrons. The molecule has 1 heterocycles. The van der Waals surface area contributed by atoms with E-state index < -0.39 is 0 Å². The molecule has 0 bridgehead atoms. The number of hydrogen-bond donors (Lipinski definition) is 2. The maximum Gasteiger partial charge on any atom is 0.239 e. The molecule has 2 aromatic carbocycles. The number of guanidine groups is 1. The quantitative estimate of drug-likeness (QED) is 0.325. The van der Waals surface area contributed by atoms with Crippen LogP contribution in [-0.2, 0) is 16.1 Å². The number of halogens is 2. The van der Waals surface area contributed by atoms with Gasteiger partial charge < -0.3 is 25.0 Å². The summed E-state index contributed by atoms with van der Waals surface area (Å²) in [5, 5.41) is 6.01. The third-order valence-electron chi connectivity index (χ3n) is 5.07. The molecule has 2 N–H and O–H groups in total. The van der Waals surface area contributed by atoms with Gasteiger partial charge in [0.05, 0.1) is 26.3 Å². The highest BCUT2D eigenvalue weighted by Gasteiger charge is 2.28. The van der Waals surface area contributed by atoms with Gasteiger partial charge in [0.25, 0.3) is 0 Å². The highest BCUT2D eigenvalue weighted by atomic mass is 127. The molecular weight excluding hydrogens is 526 g/mol. The molecule has 0 aromatic heterocycles. The normalized spacial score (nSPS) is 18.5. The minimum absolute atomic E-state index is 0. The minimum Gasteiger partial charge on any atom is -0.497 e. The van der Waals surface area contributed by atoms with Crippen molar-refractivity contribution in [3.8, 4) is 5.75 Å². The van der Waals surface area contributed by atoms with Crippen LogP contribution in [0.4, 0.5) is 4.39 Å². The molecule has 0 spiro atoms. The highest BCUT2D eigenvalue weighted by molar-refractivity contribution is 14.0. The molecule has 32 heavy (non-hydrogen) atoms. The topological polar surface area (TPSA) is 75.2 Å². The van der Waals surface area contributed by atoms with Gasteiger partial charge in [-0.25, -0.2) is 4.39 Å². The van der Waals surface area contributed by atoms with E-state index >= 15 is 0 Å². The van der Waals surface area contributed by atoms with Crippen molar-refractivity contribution >= 4 is 35.8 Å². The van der Waals surface area contributed by atoms with Crippen LogP contribution in [0.5, 0.6) is 5.75 Å². The molecule has 3 rings (SSSR count). The van der Waals surface area contributed by atoms with E-state index in [0.29, 0.717) is 25.6 Å². The molecule has 174 valence electrons. The zero-order valence-corrected chi connectivity index (χ0v) is 20.8. The summed E-state index contributed by atoms with van der Waals surface area (Å²) in [6, 6.07) is 13.9. The van der Waals surface area contributed by atoms with Gasteiger partial charge in [0, 0.05) is 20.1 Å². The van der Waals surface area contributed by atoms with Crippen LogP contribution < -0.4 is 15.4 Å². The van der Waals surface area contributed by atoms with Crippen molar-refractivity contribution < 1.29 is 18.7 Å². The number of morpholine rings is 1. The predicted octanol–water partition coefficient (Wildman–Crippen LogP) is 3.11. The van der Waals surface area contributed by atoms with Gasteiger partial charge in [0.1, 0.15) is 17.7 Å². The van der Waals surface area contributed by atoms with Gasteiger partial charge >= 0.3 is 0 Å². The van der Waals surface area contributed by atoms with Crippen molar-refractivity contribution in [2.75, 3.05) is 33.8 Å². The van der Waals surface area contributed by atoms with Crippen LogP contribution >= 0.6 is 24.0 Å². The molecular formula is C23H30FIN4O3. The fourth-order valence-electron chi connectivity index (χ4n) is 3.48. The van der Waals surface area contributed by atoms with Crippen LogP contribution in [0.2, 0.25) is 0 Å². The van der Waals surface area contributed by atoms with E-state index in [1.807, 2.05) is 31.2 Å². The fourth-order valence-corrected chi connectivity index (χ4v) is 3.48. The first kappa shape index (κ1) is 25.9. The Morgan fingerprint density at radius 2 is 1.84 bits per heavy atom. The lowest BCUT2D eigenvalue weighted by atomic mass is 10.1. The van der Waals surface area contributed by atoms with Crippen molar-refractivity contribution in [1.29, 1.82) is 0 Å². The molecule has 2 aromatic rings. The number of rotatable bonds is 6. The van der Waals surface area contributed by atoms with E-state index in [1.54, 1.807) is 26.3 Å². The number of carbonyl (C=O) groups is 1. The van der Waals surface area contributed by atoms with Crippen LogP contribution in [0, 0.1) is 5.82 Å². The average Bonchev–Trinajstić information content (AvgIpc) is 2.78. The molecule has 1 aliphatic heterocycles. The number of carbonyl (C=O) groups excluding carboxylic acids is 1. The third-order valence-corrected chi connectivity index (χ3v) is 5.07. The first-order chi connectivity index (χ1) is 15.0. The molecule has 2 unspecified atom stereocenters. The summed E-state index contributed by atoms with van der Waals surface area (Å²) in [5.41, 5.74) is 1.90. The third kappa shape index (κ3) is 7.33. The summed E-state index contributed by atoms with van der Waals surface area (Å²) < 4.78 is 24.4. The molecule has 2 atom stereocenters. The Balaban J connectivity index is 0.00000363. The molecule has 1 saturated heterocycles. The highest BCUT2D eigenvalue weighted by Crippen LogP contribution is 2.25. The first-order valence-corrected chi connectivity index (χ1v) is 10.2. The maximum absolute atomic E-state index is 13.2. The van der Waals surface area contributed by atoms with Crippen LogP contribution in [-0.4, -0.2) is 56.7 Å². The molecule has 0 saturated carbocycles. The summed E-state index contributed by atoms with van der Waals surface area (Å²) >= 11 is 0. The number of nitrogens with one attached hydrogen (secondary N) is 2. The maximum atomic E-state index is 13.2. The van der Waals surface area contributed by atoms with E-state index in [2.05, 4.69) is 20.5 Å². The van der Waals surface area contributed by atoms with E-state index in [-0.39, 0.29) is 54.5 Å². The second-order valence-electron chi connectivity index (χ2n) is 7.42. The zero-order chi connectivity index (χ0) is 22.2. The van der Waals surface area contributed by atoms with Crippen LogP contribution in [0.25, 0.3) is 0 Å². The van der Waals surface area contributed by atoms with E-state index in [0.717, 1.165) is 16.9 Å². The first-order valence-electron chi connectivity index (χ1n) is 10.2. The van der Waals surface area contributed by atoms with E-state index in [9.17, 15) is 9.18 Å².